The van der Waals surface area contributed by atoms with Gasteiger partial charge in [0.25, 0.3) is 0 Å². The van der Waals surface area contributed by atoms with E-state index < -0.39 is 0 Å². The number of nitrogens with one attached hydrogen (secondary N) is 1. The van der Waals surface area contributed by atoms with E-state index in [0.29, 0.717) is 24.2 Å². The van der Waals surface area contributed by atoms with E-state index in [1.165, 1.54) is 5.75 Å². The number of thioether (sulfide) groups is 1. The lowest BCUT2D eigenvalue weighted by atomic mass is 10.2. The number of aromatic nitrogens is 3. The third-order valence-corrected chi connectivity index (χ3v) is 4.13. The normalized spacial score (nSPS) is 19.5. The fourth-order valence-electron chi connectivity index (χ4n) is 2.07. The van der Waals surface area contributed by atoms with E-state index in [1.807, 2.05) is 30.0 Å². The van der Waals surface area contributed by atoms with Crippen LogP contribution in [-0.4, -0.2) is 39.2 Å². The summed E-state index contributed by atoms with van der Waals surface area (Å²) in [6.07, 6.45) is 3.21. The Morgan fingerprint density at radius 1 is 1.42 bits per heavy atom. The molecule has 1 aliphatic heterocycles. The first-order valence-electron chi connectivity index (χ1n) is 6.42. The molecule has 0 aliphatic carbocycles. The molecule has 3 heterocycles. The predicted octanol–water partition coefficient (Wildman–Crippen LogP) is 1.30. The van der Waals surface area contributed by atoms with Gasteiger partial charge in [0.15, 0.2) is 5.82 Å². The predicted molar refractivity (Wildman–Crippen MR) is 74.2 cm³/mol. The van der Waals surface area contributed by atoms with Crippen LogP contribution >= 0.6 is 11.8 Å². The topological polar surface area (TPSA) is 63.8 Å². The van der Waals surface area contributed by atoms with Crippen LogP contribution < -0.4 is 5.32 Å². The molecule has 1 fully saturated rings. The molecule has 1 saturated heterocycles. The van der Waals surface area contributed by atoms with E-state index in [0.717, 1.165) is 24.4 Å². The van der Waals surface area contributed by atoms with Crippen LogP contribution in [0.4, 0.5) is 0 Å². The third-order valence-electron chi connectivity index (χ3n) is 2.99. The molecular weight excluding hydrogens is 260 g/mol. The first kappa shape index (κ1) is 12.6. The molecule has 100 valence electrons. The van der Waals surface area contributed by atoms with Gasteiger partial charge in [-0.25, -0.2) is 0 Å². The first-order valence-corrected chi connectivity index (χ1v) is 7.58. The van der Waals surface area contributed by atoms with Crippen molar-refractivity contribution in [1.82, 2.24) is 20.4 Å². The van der Waals surface area contributed by atoms with Gasteiger partial charge in [-0.3, -0.25) is 4.98 Å². The van der Waals surface area contributed by atoms with Crippen LogP contribution in [-0.2, 0) is 12.8 Å². The molecule has 0 bridgehead atoms. The highest BCUT2D eigenvalue weighted by molar-refractivity contribution is 7.99. The summed E-state index contributed by atoms with van der Waals surface area (Å²) < 4.78 is 5.30. The van der Waals surface area contributed by atoms with E-state index in [2.05, 4.69) is 20.4 Å². The highest BCUT2D eigenvalue weighted by Crippen LogP contribution is 2.12. The van der Waals surface area contributed by atoms with Crippen molar-refractivity contribution in [3.8, 4) is 0 Å². The smallest absolute Gasteiger partial charge is 0.228 e. The van der Waals surface area contributed by atoms with E-state index in [4.69, 9.17) is 4.52 Å². The van der Waals surface area contributed by atoms with Crippen molar-refractivity contribution in [2.75, 3.05) is 18.1 Å². The Balaban J connectivity index is 1.59. The maximum absolute atomic E-state index is 5.30. The van der Waals surface area contributed by atoms with Crippen molar-refractivity contribution >= 4 is 11.8 Å². The zero-order valence-electron chi connectivity index (χ0n) is 10.6. The van der Waals surface area contributed by atoms with Gasteiger partial charge in [-0.15, -0.1) is 0 Å². The van der Waals surface area contributed by atoms with E-state index in [9.17, 15) is 0 Å². The molecule has 19 heavy (non-hydrogen) atoms. The molecule has 1 N–H and O–H groups in total. The number of nitrogens with zero attached hydrogens (tertiary/aromatic N) is 3. The quantitative estimate of drug-likeness (QED) is 0.908. The molecule has 1 aliphatic rings. The maximum Gasteiger partial charge on any atom is 0.228 e. The van der Waals surface area contributed by atoms with Crippen LogP contribution in [0.25, 0.3) is 0 Å². The zero-order chi connectivity index (χ0) is 12.9. The molecule has 1 unspecified atom stereocenters. The van der Waals surface area contributed by atoms with Crippen LogP contribution in [0.3, 0.4) is 0 Å². The Bertz CT molecular complexity index is 510. The number of pyridine rings is 1. The first-order chi connectivity index (χ1) is 9.40. The SMILES string of the molecule is c1ccc(Cc2noc(CC3CSCCN3)n2)nc1. The average molecular weight is 276 g/mol. The van der Waals surface area contributed by atoms with E-state index in [1.54, 1.807) is 6.20 Å². The van der Waals surface area contributed by atoms with E-state index >= 15 is 0 Å². The Hall–Kier alpha value is -1.40. The van der Waals surface area contributed by atoms with Crippen LogP contribution in [0.5, 0.6) is 0 Å². The van der Waals surface area contributed by atoms with Gasteiger partial charge >= 0.3 is 0 Å². The molecule has 0 spiro atoms. The Morgan fingerprint density at radius 3 is 3.21 bits per heavy atom. The van der Waals surface area contributed by atoms with Crippen LogP contribution in [0.1, 0.15) is 17.4 Å². The summed E-state index contributed by atoms with van der Waals surface area (Å²) in [7, 11) is 0. The van der Waals surface area contributed by atoms with Gasteiger partial charge in [-0.2, -0.15) is 16.7 Å². The van der Waals surface area contributed by atoms with Gasteiger partial charge in [0.2, 0.25) is 5.89 Å². The third kappa shape index (κ3) is 3.54. The summed E-state index contributed by atoms with van der Waals surface area (Å²) in [5.41, 5.74) is 0.959. The minimum Gasteiger partial charge on any atom is -0.339 e. The van der Waals surface area contributed by atoms with Gasteiger partial charge in [0.1, 0.15) is 0 Å². The summed E-state index contributed by atoms with van der Waals surface area (Å²) in [6.45, 7) is 1.06. The van der Waals surface area contributed by atoms with Gasteiger partial charge in [0.05, 0.1) is 6.42 Å². The van der Waals surface area contributed by atoms with Crippen molar-refractivity contribution in [3.05, 3.63) is 41.8 Å². The van der Waals surface area contributed by atoms with Gasteiger partial charge in [0, 0.05) is 42.4 Å². The largest absolute Gasteiger partial charge is 0.339 e. The Kier molecular flexibility index (Phi) is 4.10. The molecule has 1 atom stereocenters. The van der Waals surface area contributed by atoms with Crippen molar-refractivity contribution in [1.29, 1.82) is 0 Å². The molecule has 2 aromatic rings. The second-order valence-corrected chi connectivity index (χ2v) is 5.68. The number of rotatable bonds is 4. The summed E-state index contributed by atoms with van der Waals surface area (Å²) in [5.74, 6) is 3.71. The molecule has 0 saturated carbocycles. The minimum atomic E-state index is 0.446. The molecule has 6 heteroatoms. The van der Waals surface area contributed by atoms with Gasteiger partial charge in [-0.05, 0) is 12.1 Å². The van der Waals surface area contributed by atoms with Crippen molar-refractivity contribution in [2.45, 2.75) is 18.9 Å². The molecule has 0 aromatic carbocycles. The molecule has 0 radical (unpaired) electrons. The molecule has 0 amide bonds. The van der Waals surface area contributed by atoms with Crippen molar-refractivity contribution < 1.29 is 4.52 Å². The Labute approximate surface area is 116 Å². The van der Waals surface area contributed by atoms with Gasteiger partial charge < -0.3 is 9.84 Å². The number of hydrogen-bond acceptors (Lipinski definition) is 6. The standard InChI is InChI=1S/C13H16N4OS/c1-2-4-14-10(3-1)7-12-16-13(18-17-12)8-11-9-19-6-5-15-11/h1-4,11,15H,5-9H2. The second-order valence-electron chi connectivity index (χ2n) is 4.53. The monoisotopic (exact) mass is 276 g/mol. The maximum atomic E-state index is 5.30. The zero-order valence-corrected chi connectivity index (χ0v) is 11.4. The molecule has 3 rings (SSSR count). The lowest BCUT2D eigenvalue weighted by molar-refractivity contribution is 0.359. The van der Waals surface area contributed by atoms with Crippen molar-refractivity contribution in [2.24, 2.45) is 0 Å². The summed E-state index contributed by atoms with van der Waals surface area (Å²) in [6, 6.07) is 6.28. The fraction of sp³-hybridized carbons (Fsp3) is 0.462. The average Bonchev–Trinajstić information content (AvgIpc) is 2.88. The van der Waals surface area contributed by atoms with Crippen LogP contribution in [0.15, 0.2) is 28.9 Å². The summed E-state index contributed by atoms with van der Waals surface area (Å²) >= 11 is 1.97. The summed E-state index contributed by atoms with van der Waals surface area (Å²) in [4.78, 5) is 8.69. The minimum absolute atomic E-state index is 0.446. The van der Waals surface area contributed by atoms with E-state index in [-0.39, 0.29) is 0 Å². The number of hydrogen-bond donors (Lipinski definition) is 1. The molecule has 2 aromatic heterocycles. The lowest BCUT2D eigenvalue weighted by Crippen LogP contribution is -2.38. The fourth-order valence-corrected chi connectivity index (χ4v) is 3.02. The lowest BCUT2D eigenvalue weighted by Gasteiger charge is -2.21. The highest BCUT2D eigenvalue weighted by atomic mass is 32.2. The van der Waals surface area contributed by atoms with Crippen LogP contribution in [0.2, 0.25) is 0 Å². The van der Waals surface area contributed by atoms with Gasteiger partial charge in [-0.1, -0.05) is 11.2 Å². The highest BCUT2D eigenvalue weighted by Gasteiger charge is 2.17. The van der Waals surface area contributed by atoms with Crippen LogP contribution in [0, 0.1) is 0 Å². The second kappa shape index (κ2) is 6.16. The Morgan fingerprint density at radius 2 is 2.42 bits per heavy atom. The van der Waals surface area contributed by atoms with Crippen molar-refractivity contribution in [3.63, 3.8) is 0 Å². The molecular formula is C13H16N4OS. The summed E-state index contributed by atoms with van der Waals surface area (Å²) in [5, 5.41) is 7.48. The molecule has 5 nitrogen and oxygen atoms in total.